The molecule has 2 aliphatic carbocycles. The van der Waals surface area contributed by atoms with Crippen LogP contribution in [0.25, 0.3) is 5.69 Å². The van der Waals surface area contributed by atoms with Crippen LogP contribution in [0.15, 0.2) is 42.7 Å². The quantitative estimate of drug-likeness (QED) is 0.392. The molecule has 2 saturated carbocycles. The maximum atomic E-state index is 12.9. The first kappa shape index (κ1) is 20.0. The highest BCUT2D eigenvalue weighted by atomic mass is 16.1. The third-order valence-electron chi connectivity index (χ3n) is 5.72. The molecule has 3 N–H and O–H groups in total. The average Bonchev–Trinajstić information content (AvgIpc) is 3.73. The molecule has 0 unspecified atom stereocenters. The van der Waals surface area contributed by atoms with Gasteiger partial charge in [-0.15, -0.1) is 0 Å². The molecule has 0 aromatic carbocycles. The molecule has 0 spiro atoms. The molecule has 0 radical (unpaired) electrons. The van der Waals surface area contributed by atoms with Crippen LogP contribution < -0.4 is 5.32 Å². The van der Waals surface area contributed by atoms with E-state index in [0.29, 0.717) is 17.4 Å². The van der Waals surface area contributed by atoms with Crippen molar-refractivity contribution in [2.45, 2.75) is 44.6 Å². The molecule has 5 rings (SSSR count). The number of hydrogen-bond acceptors (Lipinski definition) is 6. The zero-order valence-electron chi connectivity index (χ0n) is 17.7. The van der Waals surface area contributed by atoms with Gasteiger partial charge in [-0.2, -0.15) is 0 Å². The van der Waals surface area contributed by atoms with E-state index in [4.69, 9.17) is 10.8 Å². The number of hydrogen-bond donors (Lipinski definition) is 3. The van der Waals surface area contributed by atoms with Crippen molar-refractivity contribution in [2.24, 2.45) is 0 Å². The van der Waals surface area contributed by atoms with Crippen molar-refractivity contribution < 1.29 is 4.79 Å². The number of rotatable bonds is 7. The molecule has 162 valence electrons. The smallest absolute Gasteiger partial charge is 0.275 e. The summed E-state index contributed by atoms with van der Waals surface area (Å²) in [5.74, 6) is 1.54. The summed E-state index contributed by atoms with van der Waals surface area (Å²) >= 11 is 0. The number of anilines is 1. The van der Waals surface area contributed by atoms with E-state index in [9.17, 15) is 4.79 Å². The number of imidazole rings is 1. The molecule has 0 saturated heterocycles. The maximum Gasteiger partial charge on any atom is 0.275 e. The molecular weight excluding hydrogens is 404 g/mol. The minimum absolute atomic E-state index is 0.153. The molecule has 9 nitrogen and oxygen atoms in total. The number of aryl methyl sites for hydroxylation is 1. The van der Waals surface area contributed by atoms with Crippen LogP contribution in [-0.2, 0) is 0 Å². The Morgan fingerprint density at radius 2 is 2.00 bits per heavy atom. The Bertz CT molecular complexity index is 1210. The zero-order valence-corrected chi connectivity index (χ0v) is 17.7. The predicted octanol–water partition coefficient (Wildman–Crippen LogP) is 3.50. The van der Waals surface area contributed by atoms with Crippen LogP contribution in [0.2, 0.25) is 0 Å². The second kappa shape index (κ2) is 7.99. The van der Waals surface area contributed by atoms with Crippen molar-refractivity contribution in [1.29, 1.82) is 10.8 Å². The first-order valence-electron chi connectivity index (χ1n) is 10.7. The van der Waals surface area contributed by atoms with Gasteiger partial charge in [0.2, 0.25) is 0 Å². The topological polar surface area (TPSA) is 124 Å². The Morgan fingerprint density at radius 3 is 2.72 bits per heavy atom. The van der Waals surface area contributed by atoms with E-state index in [1.807, 2.05) is 23.8 Å². The van der Waals surface area contributed by atoms with Gasteiger partial charge in [-0.3, -0.25) is 20.6 Å². The summed E-state index contributed by atoms with van der Waals surface area (Å²) in [6.45, 7) is 1.95. The van der Waals surface area contributed by atoms with Gasteiger partial charge < -0.3 is 14.8 Å². The highest BCUT2D eigenvalue weighted by Crippen LogP contribution is 2.39. The van der Waals surface area contributed by atoms with Gasteiger partial charge in [0.15, 0.2) is 5.84 Å². The molecule has 0 aliphatic heterocycles. The second-order valence-electron chi connectivity index (χ2n) is 8.23. The molecule has 0 bridgehead atoms. The highest BCUT2D eigenvalue weighted by molar-refractivity contribution is 6.04. The van der Waals surface area contributed by atoms with Gasteiger partial charge in [0.1, 0.15) is 23.0 Å². The van der Waals surface area contributed by atoms with Crippen molar-refractivity contribution in [2.75, 3.05) is 5.32 Å². The molecule has 9 heteroatoms. The number of amidine groups is 1. The van der Waals surface area contributed by atoms with E-state index < -0.39 is 0 Å². The van der Waals surface area contributed by atoms with Gasteiger partial charge in [0, 0.05) is 24.4 Å². The number of aromatic nitrogens is 4. The normalized spacial score (nSPS) is 15.3. The van der Waals surface area contributed by atoms with E-state index in [2.05, 4.69) is 20.3 Å². The van der Waals surface area contributed by atoms with Crippen molar-refractivity contribution in [3.8, 4) is 5.69 Å². The van der Waals surface area contributed by atoms with Crippen molar-refractivity contribution in [3.05, 3.63) is 65.6 Å². The highest BCUT2D eigenvalue weighted by Gasteiger charge is 2.31. The van der Waals surface area contributed by atoms with Crippen molar-refractivity contribution in [3.63, 3.8) is 0 Å². The summed E-state index contributed by atoms with van der Waals surface area (Å²) in [4.78, 5) is 27.7. The van der Waals surface area contributed by atoms with Gasteiger partial charge in [-0.05, 0) is 56.9 Å². The standard InChI is InChI=1S/C23H24N8O/c1-14-27-20(15-5-6-15)12-30(14)17-9-10-26-19(11-17)23(32)29-21-4-2-3-18(28-21)22(25)31(13-24)16-7-8-16/h2-4,9-13,15-16,24-25H,5-8H2,1H3,(H,28,29,32). The molecule has 2 aliphatic rings. The van der Waals surface area contributed by atoms with Gasteiger partial charge in [0.05, 0.1) is 17.7 Å². The fourth-order valence-corrected chi connectivity index (χ4v) is 3.68. The molecule has 0 atom stereocenters. The van der Waals surface area contributed by atoms with Crippen LogP contribution >= 0.6 is 0 Å². The Morgan fingerprint density at radius 1 is 1.19 bits per heavy atom. The fraction of sp³-hybridized carbons (Fsp3) is 0.304. The van der Waals surface area contributed by atoms with Gasteiger partial charge >= 0.3 is 0 Å². The third-order valence-corrected chi connectivity index (χ3v) is 5.72. The number of nitrogens with one attached hydrogen (secondary N) is 3. The van der Waals surface area contributed by atoms with Gasteiger partial charge in [0.25, 0.3) is 5.91 Å². The summed E-state index contributed by atoms with van der Waals surface area (Å²) in [6.07, 6.45) is 9.11. The molecule has 1 amide bonds. The maximum absolute atomic E-state index is 12.9. The van der Waals surface area contributed by atoms with E-state index in [1.54, 1.807) is 35.4 Å². The average molecular weight is 429 g/mol. The lowest BCUT2D eigenvalue weighted by Gasteiger charge is -2.18. The summed E-state index contributed by atoms with van der Waals surface area (Å²) in [6, 6.07) is 8.89. The first-order chi connectivity index (χ1) is 15.5. The minimum atomic E-state index is -0.380. The van der Waals surface area contributed by atoms with Crippen LogP contribution in [0.5, 0.6) is 0 Å². The van der Waals surface area contributed by atoms with E-state index >= 15 is 0 Å². The van der Waals surface area contributed by atoms with Crippen LogP contribution in [-0.4, -0.2) is 48.5 Å². The van der Waals surface area contributed by atoms with E-state index in [1.165, 1.54) is 12.8 Å². The molecule has 3 aromatic heterocycles. The van der Waals surface area contributed by atoms with Crippen LogP contribution in [0, 0.1) is 17.7 Å². The summed E-state index contributed by atoms with van der Waals surface area (Å²) in [5.41, 5.74) is 2.60. The second-order valence-corrected chi connectivity index (χ2v) is 8.23. The number of carbonyl (C=O) groups is 1. The Hall–Kier alpha value is -3.88. The van der Waals surface area contributed by atoms with Crippen molar-refractivity contribution in [1.82, 2.24) is 24.4 Å². The van der Waals surface area contributed by atoms with Gasteiger partial charge in [-0.1, -0.05) is 6.07 Å². The van der Waals surface area contributed by atoms with Crippen molar-refractivity contribution >= 4 is 23.9 Å². The number of nitrogens with zero attached hydrogens (tertiary/aromatic N) is 5. The number of carbonyl (C=O) groups excluding carboxylic acids is 1. The van der Waals surface area contributed by atoms with Crippen LogP contribution in [0.3, 0.4) is 0 Å². The molecule has 2 fully saturated rings. The van der Waals surface area contributed by atoms with Crippen LogP contribution in [0.1, 0.15) is 59.3 Å². The van der Waals surface area contributed by atoms with E-state index in [-0.39, 0.29) is 23.5 Å². The SMILES string of the molecule is Cc1nc(C2CC2)cn1-c1ccnc(C(=O)Nc2cccc(C(=N)N(C=N)C3CC3)n2)c1. The predicted molar refractivity (Wildman–Crippen MR) is 121 cm³/mol. The zero-order chi connectivity index (χ0) is 22.2. The summed E-state index contributed by atoms with van der Waals surface area (Å²) < 4.78 is 1.98. The van der Waals surface area contributed by atoms with Crippen LogP contribution in [0.4, 0.5) is 5.82 Å². The van der Waals surface area contributed by atoms with E-state index in [0.717, 1.165) is 36.4 Å². The number of amides is 1. The fourth-order valence-electron chi connectivity index (χ4n) is 3.68. The first-order valence-corrected chi connectivity index (χ1v) is 10.7. The molecule has 3 aromatic rings. The Balaban J connectivity index is 1.34. The molecule has 3 heterocycles. The van der Waals surface area contributed by atoms with Gasteiger partial charge in [-0.25, -0.2) is 9.97 Å². The molecule has 32 heavy (non-hydrogen) atoms. The lowest BCUT2D eigenvalue weighted by molar-refractivity contribution is 0.102. The lowest BCUT2D eigenvalue weighted by atomic mass is 10.2. The Labute approximate surface area is 185 Å². The minimum Gasteiger partial charge on any atom is -0.313 e. The monoisotopic (exact) mass is 428 g/mol. The third kappa shape index (κ3) is 4.01. The Kier molecular flexibility index (Phi) is 5.01. The molecular formula is C23H24N8O. The largest absolute Gasteiger partial charge is 0.313 e. The number of pyridine rings is 2. The summed E-state index contributed by atoms with van der Waals surface area (Å²) in [7, 11) is 0. The summed E-state index contributed by atoms with van der Waals surface area (Å²) in [5, 5.41) is 18.7. The lowest BCUT2D eigenvalue weighted by Crippen LogP contribution is -2.32.